The summed E-state index contributed by atoms with van der Waals surface area (Å²) in [7, 11) is 0. The number of hydrogen-bond donors (Lipinski definition) is 2. The summed E-state index contributed by atoms with van der Waals surface area (Å²) in [5.74, 6) is -0.125. The van der Waals surface area contributed by atoms with Crippen molar-refractivity contribution < 1.29 is 19.1 Å². The van der Waals surface area contributed by atoms with E-state index in [1.165, 1.54) is 19.4 Å². The van der Waals surface area contributed by atoms with E-state index in [0.717, 1.165) is 31.2 Å². The third-order valence-electron chi connectivity index (χ3n) is 5.01. The number of rotatable bonds is 6. The molecular formula is C23H26N2O4. The zero-order valence-corrected chi connectivity index (χ0v) is 16.6. The average molecular weight is 394 g/mol. The van der Waals surface area contributed by atoms with E-state index >= 15 is 0 Å². The van der Waals surface area contributed by atoms with Crippen molar-refractivity contribution in [2.45, 2.75) is 45.6 Å². The number of esters is 1. The Balaban J connectivity index is 1.52. The molecule has 3 rings (SSSR count). The molecule has 152 valence electrons. The smallest absolute Gasteiger partial charge is 0.308 e. The highest BCUT2D eigenvalue weighted by Crippen LogP contribution is 2.23. The second-order valence-corrected chi connectivity index (χ2v) is 7.33. The largest absolute Gasteiger partial charge is 0.427 e. The quantitative estimate of drug-likeness (QED) is 0.572. The molecule has 0 unspecified atom stereocenters. The van der Waals surface area contributed by atoms with Crippen LogP contribution in [0.2, 0.25) is 0 Å². The Labute approximate surface area is 170 Å². The first-order valence-electron chi connectivity index (χ1n) is 9.98. The molecule has 0 aliphatic heterocycles. The first-order chi connectivity index (χ1) is 14.0. The van der Waals surface area contributed by atoms with Crippen molar-refractivity contribution in [3.05, 3.63) is 59.7 Å². The Bertz CT molecular complexity index is 871. The lowest BCUT2D eigenvalue weighted by atomic mass is 9.88. The molecule has 0 atom stereocenters. The van der Waals surface area contributed by atoms with Crippen LogP contribution in [0.1, 0.15) is 54.9 Å². The average Bonchev–Trinajstić information content (AvgIpc) is 2.73. The molecular weight excluding hydrogens is 368 g/mol. The number of ether oxygens (including phenoxy) is 1. The first kappa shape index (κ1) is 20.6. The van der Waals surface area contributed by atoms with E-state index in [-0.39, 0.29) is 17.7 Å². The van der Waals surface area contributed by atoms with Gasteiger partial charge in [-0.15, -0.1) is 0 Å². The van der Waals surface area contributed by atoms with Crippen LogP contribution in [0.4, 0.5) is 5.69 Å². The molecule has 1 saturated carbocycles. The molecule has 1 aliphatic rings. The zero-order valence-electron chi connectivity index (χ0n) is 16.6. The summed E-state index contributed by atoms with van der Waals surface area (Å²) >= 11 is 0. The molecule has 29 heavy (non-hydrogen) atoms. The highest BCUT2D eigenvalue weighted by Gasteiger charge is 2.20. The fraction of sp³-hybridized carbons (Fsp3) is 0.348. The van der Waals surface area contributed by atoms with Gasteiger partial charge in [-0.1, -0.05) is 37.5 Å². The highest BCUT2D eigenvalue weighted by molar-refractivity contribution is 6.04. The summed E-state index contributed by atoms with van der Waals surface area (Å²) in [5, 5.41) is 5.82. The van der Waals surface area contributed by atoms with E-state index < -0.39 is 5.97 Å². The molecule has 0 heterocycles. The molecule has 0 radical (unpaired) electrons. The number of nitrogens with one attached hydrogen (secondary N) is 2. The second-order valence-electron chi connectivity index (χ2n) is 7.33. The van der Waals surface area contributed by atoms with Gasteiger partial charge in [-0.05, 0) is 48.7 Å². The predicted molar refractivity (Wildman–Crippen MR) is 111 cm³/mol. The maximum Gasteiger partial charge on any atom is 0.308 e. The fourth-order valence-electron chi connectivity index (χ4n) is 3.47. The monoisotopic (exact) mass is 394 g/mol. The molecule has 6 heteroatoms. The van der Waals surface area contributed by atoms with Crippen molar-refractivity contribution in [1.82, 2.24) is 5.32 Å². The number of hydrogen-bond acceptors (Lipinski definition) is 4. The van der Waals surface area contributed by atoms with Crippen LogP contribution < -0.4 is 15.4 Å². The van der Waals surface area contributed by atoms with Gasteiger partial charge in [0.05, 0.1) is 0 Å². The van der Waals surface area contributed by atoms with Crippen LogP contribution in [0.25, 0.3) is 0 Å². The van der Waals surface area contributed by atoms with E-state index in [4.69, 9.17) is 4.74 Å². The zero-order chi connectivity index (χ0) is 20.6. The van der Waals surface area contributed by atoms with Crippen LogP contribution in [-0.4, -0.2) is 17.8 Å². The van der Waals surface area contributed by atoms with Gasteiger partial charge in [-0.2, -0.15) is 0 Å². The lowest BCUT2D eigenvalue weighted by Gasteiger charge is -2.20. The Morgan fingerprint density at radius 3 is 2.41 bits per heavy atom. The molecule has 0 saturated heterocycles. The lowest BCUT2D eigenvalue weighted by Crippen LogP contribution is -2.31. The molecule has 0 bridgehead atoms. The first-order valence-corrected chi connectivity index (χ1v) is 9.98. The Morgan fingerprint density at radius 2 is 1.72 bits per heavy atom. The second kappa shape index (κ2) is 9.87. The van der Waals surface area contributed by atoms with E-state index in [2.05, 4.69) is 10.6 Å². The van der Waals surface area contributed by atoms with Crippen LogP contribution in [-0.2, 0) is 16.1 Å². The van der Waals surface area contributed by atoms with Gasteiger partial charge in [-0.25, -0.2) is 0 Å². The van der Waals surface area contributed by atoms with Gasteiger partial charge >= 0.3 is 5.97 Å². The minimum Gasteiger partial charge on any atom is -0.427 e. The van der Waals surface area contributed by atoms with Crippen molar-refractivity contribution in [3.8, 4) is 5.75 Å². The molecule has 1 aliphatic carbocycles. The molecule has 2 amide bonds. The highest BCUT2D eigenvalue weighted by atomic mass is 16.5. The Kier molecular flexibility index (Phi) is 7.00. The van der Waals surface area contributed by atoms with Gasteiger partial charge in [0.15, 0.2) is 0 Å². The maximum absolute atomic E-state index is 12.4. The molecule has 0 aromatic heterocycles. The van der Waals surface area contributed by atoms with Crippen molar-refractivity contribution in [3.63, 3.8) is 0 Å². The van der Waals surface area contributed by atoms with Gasteiger partial charge < -0.3 is 15.4 Å². The topological polar surface area (TPSA) is 84.5 Å². The van der Waals surface area contributed by atoms with Crippen molar-refractivity contribution in [2.75, 3.05) is 5.32 Å². The standard InChI is InChI=1S/C23H26N2O4/c1-16(26)29-21-9-5-8-19(14-21)23(28)25-20-12-10-17(11-13-20)15-24-22(27)18-6-3-2-4-7-18/h5,8-14,18H,2-4,6-7,15H2,1H3,(H,24,27)(H,25,28). The van der Waals surface area contributed by atoms with Crippen LogP contribution in [0.3, 0.4) is 0 Å². The summed E-state index contributed by atoms with van der Waals surface area (Å²) in [4.78, 5) is 35.7. The molecule has 6 nitrogen and oxygen atoms in total. The molecule has 2 aromatic rings. The Morgan fingerprint density at radius 1 is 1.00 bits per heavy atom. The minimum atomic E-state index is -0.436. The predicted octanol–water partition coefficient (Wildman–Crippen LogP) is 4.06. The molecule has 1 fully saturated rings. The number of carbonyl (C=O) groups excluding carboxylic acids is 3. The summed E-state index contributed by atoms with van der Waals surface area (Å²) in [5.41, 5.74) is 2.02. The van der Waals surface area contributed by atoms with Crippen LogP contribution in [0.5, 0.6) is 5.75 Å². The molecule has 2 N–H and O–H groups in total. The van der Waals surface area contributed by atoms with E-state index in [9.17, 15) is 14.4 Å². The van der Waals surface area contributed by atoms with Gasteiger partial charge in [0.1, 0.15) is 5.75 Å². The number of carbonyl (C=O) groups is 3. The van der Waals surface area contributed by atoms with Crippen molar-refractivity contribution >= 4 is 23.5 Å². The molecule has 2 aromatic carbocycles. The summed E-state index contributed by atoms with van der Waals surface area (Å²) in [6.45, 7) is 1.79. The number of benzene rings is 2. The van der Waals surface area contributed by atoms with Crippen LogP contribution >= 0.6 is 0 Å². The van der Waals surface area contributed by atoms with E-state index in [1.807, 2.05) is 12.1 Å². The van der Waals surface area contributed by atoms with Crippen LogP contribution in [0.15, 0.2) is 48.5 Å². The molecule has 0 spiro atoms. The minimum absolute atomic E-state index is 0.134. The third kappa shape index (κ3) is 6.17. The fourth-order valence-corrected chi connectivity index (χ4v) is 3.47. The number of amides is 2. The van der Waals surface area contributed by atoms with E-state index in [1.54, 1.807) is 30.3 Å². The van der Waals surface area contributed by atoms with Crippen molar-refractivity contribution in [2.24, 2.45) is 5.92 Å². The normalized spacial score (nSPS) is 14.1. The van der Waals surface area contributed by atoms with E-state index in [0.29, 0.717) is 23.5 Å². The van der Waals surface area contributed by atoms with Gasteiger partial charge in [-0.3, -0.25) is 14.4 Å². The Hall–Kier alpha value is -3.15. The van der Waals surface area contributed by atoms with Crippen molar-refractivity contribution in [1.29, 1.82) is 0 Å². The third-order valence-corrected chi connectivity index (χ3v) is 5.01. The summed E-state index contributed by atoms with van der Waals surface area (Å²) < 4.78 is 5.01. The van der Waals surface area contributed by atoms with Crippen LogP contribution in [0, 0.1) is 5.92 Å². The van der Waals surface area contributed by atoms with Gasteiger partial charge in [0.2, 0.25) is 5.91 Å². The van der Waals surface area contributed by atoms with Gasteiger partial charge in [0, 0.05) is 30.6 Å². The summed E-state index contributed by atoms with van der Waals surface area (Å²) in [6, 6.07) is 13.8. The number of anilines is 1. The summed E-state index contributed by atoms with van der Waals surface area (Å²) in [6.07, 6.45) is 5.46. The SMILES string of the molecule is CC(=O)Oc1cccc(C(=O)Nc2ccc(CNC(=O)C3CCCCC3)cc2)c1. The van der Waals surface area contributed by atoms with Gasteiger partial charge in [0.25, 0.3) is 5.91 Å². The lowest BCUT2D eigenvalue weighted by molar-refractivity contribution is -0.132. The maximum atomic E-state index is 12.4.